The fourth-order valence-corrected chi connectivity index (χ4v) is 2.45. The zero-order valence-corrected chi connectivity index (χ0v) is 11.7. The maximum absolute atomic E-state index is 13.3. The smallest absolute Gasteiger partial charge is 0.141 e. The average molecular weight is 267 g/mol. The van der Waals surface area contributed by atoms with Crippen LogP contribution in [0.2, 0.25) is 0 Å². The molecule has 1 saturated heterocycles. The molecule has 4 nitrogen and oxygen atoms in total. The van der Waals surface area contributed by atoms with Crippen LogP contribution in [-0.2, 0) is 11.3 Å². The number of nitrogens with zero attached hydrogens (tertiary/aromatic N) is 2. The molecule has 0 atom stereocenters. The zero-order valence-electron chi connectivity index (χ0n) is 11.7. The normalized spacial score (nSPS) is 16.9. The van der Waals surface area contributed by atoms with Crippen molar-refractivity contribution in [3.63, 3.8) is 0 Å². The summed E-state index contributed by atoms with van der Waals surface area (Å²) in [4.78, 5) is 6.50. The Bertz CT molecular complexity index is 406. The van der Waals surface area contributed by atoms with E-state index < -0.39 is 0 Å². The van der Waals surface area contributed by atoms with Crippen molar-refractivity contribution in [3.05, 3.63) is 23.6 Å². The maximum Gasteiger partial charge on any atom is 0.141 e. The number of piperidine rings is 1. The second kappa shape index (κ2) is 6.82. The van der Waals surface area contributed by atoms with Crippen molar-refractivity contribution in [3.8, 4) is 0 Å². The van der Waals surface area contributed by atoms with E-state index in [0.29, 0.717) is 12.6 Å². The summed E-state index contributed by atoms with van der Waals surface area (Å²) in [5.74, 6) is 0.625. The van der Waals surface area contributed by atoms with Crippen LogP contribution in [0.1, 0.15) is 25.3 Å². The molecule has 2 rings (SSSR count). The highest BCUT2D eigenvalue weighted by Gasteiger charge is 2.21. The molecule has 1 aromatic rings. The molecule has 0 saturated carbocycles. The molecule has 0 aromatic carbocycles. The molecule has 2 heterocycles. The van der Waals surface area contributed by atoms with Gasteiger partial charge >= 0.3 is 0 Å². The van der Waals surface area contributed by atoms with Crippen LogP contribution < -0.4 is 10.2 Å². The molecular formula is C14H22FN3O. The second-order valence-corrected chi connectivity index (χ2v) is 4.84. The van der Waals surface area contributed by atoms with Gasteiger partial charge in [-0.3, -0.25) is 0 Å². The molecule has 19 heavy (non-hydrogen) atoms. The number of ether oxygens (including phenoxy) is 1. The molecule has 1 fully saturated rings. The van der Waals surface area contributed by atoms with Crippen LogP contribution in [0.15, 0.2) is 12.3 Å². The highest BCUT2D eigenvalue weighted by Crippen LogP contribution is 2.23. The molecule has 0 amide bonds. The van der Waals surface area contributed by atoms with Crippen LogP contribution in [0.25, 0.3) is 0 Å². The first-order valence-corrected chi connectivity index (χ1v) is 6.87. The van der Waals surface area contributed by atoms with E-state index in [4.69, 9.17) is 4.74 Å². The van der Waals surface area contributed by atoms with Crippen molar-refractivity contribution in [1.82, 2.24) is 10.3 Å². The number of anilines is 1. The Hall–Kier alpha value is -1.20. The summed E-state index contributed by atoms with van der Waals surface area (Å²) in [5.41, 5.74) is 0.928. The van der Waals surface area contributed by atoms with Crippen LogP contribution >= 0.6 is 0 Å². The van der Waals surface area contributed by atoms with E-state index in [1.165, 1.54) is 6.20 Å². The van der Waals surface area contributed by atoms with Gasteiger partial charge in [-0.1, -0.05) is 6.92 Å². The molecule has 5 heteroatoms. The Labute approximate surface area is 114 Å². The standard InChI is InChI=1S/C14H22FN3O/c1-3-16-9-11-8-12(15)10-17-14(11)18-6-4-13(19-2)5-7-18/h8,10,13,16H,3-7,9H2,1-2H3. The minimum Gasteiger partial charge on any atom is -0.381 e. The minimum atomic E-state index is -0.275. The Balaban J connectivity index is 2.10. The fraction of sp³-hybridized carbons (Fsp3) is 0.643. The minimum absolute atomic E-state index is 0.275. The lowest BCUT2D eigenvalue weighted by Crippen LogP contribution is -2.38. The van der Waals surface area contributed by atoms with Gasteiger partial charge in [0.1, 0.15) is 11.6 Å². The third-order valence-corrected chi connectivity index (χ3v) is 3.55. The molecule has 1 aromatic heterocycles. The first kappa shape index (κ1) is 14.2. The van der Waals surface area contributed by atoms with Crippen molar-refractivity contribution in [2.45, 2.75) is 32.4 Å². The van der Waals surface area contributed by atoms with E-state index in [1.54, 1.807) is 13.2 Å². The Kier molecular flexibility index (Phi) is 5.10. The van der Waals surface area contributed by atoms with Crippen molar-refractivity contribution in [2.75, 3.05) is 31.6 Å². The highest BCUT2D eigenvalue weighted by molar-refractivity contribution is 5.47. The molecule has 1 aliphatic rings. The van der Waals surface area contributed by atoms with E-state index in [9.17, 15) is 4.39 Å². The summed E-state index contributed by atoms with van der Waals surface area (Å²) in [6, 6.07) is 1.58. The molecular weight excluding hydrogens is 245 g/mol. The number of pyridine rings is 1. The molecule has 0 spiro atoms. The Morgan fingerprint density at radius 3 is 2.84 bits per heavy atom. The lowest BCUT2D eigenvalue weighted by atomic mass is 10.1. The monoisotopic (exact) mass is 267 g/mol. The molecule has 1 aliphatic heterocycles. The van der Waals surface area contributed by atoms with E-state index in [2.05, 4.69) is 15.2 Å². The molecule has 0 radical (unpaired) electrons. The first-order chi connectivity index (χ1) is 9.24. The van der Waals surface area contributed by atoms with Gasteiger partial charge in [0.15, 0.2) is 0 Å². The summed E-state index contributed by atoms with van der Waals surface area (Å²) in [5, 5.41) is 3.23. The number of aromatic nitrogens is 1. The topological polar surface area (TPSA) is 37.4 Å². The summed E-state index contributed by atoms with van der Waals surface area (Å²) >= 11 is 0. The maximum atomic E-state index is 13.3. The van der Waals surface area contributed by atoms with Crippen molar-refractivity contribution in [1.29, 1.82) is 0 Å². The van der Waals surface area contributed by atoms with Gasteiger partial charge in [-0.15, -0.1) is 0 Å². The predicted octanol–water partition coefficient (Wildman–Crippen LogP) is 1.95. The number of methoxy groups -OCH3 is 1. The van der Waals surface area contributed by atoms with Gasteiger partial charge in [-0.05, 0) is 25.5 Å². The SMILES string of the molecule is CCNCc1cc(F)cnc1N1CCC(OC)CC1. The van der Waals surface area contributed by atoms with E-state index >= 15 is 0 Å². The Morgan fingerprint density at radius 1 is 1.47 bits per heavy atom. The quantitative estimate of drug-likeness (QED) is 0.885. The zero-order chi connectivity index (χ0) is 13.7. The number of hydrogen-bond acceptors (Lipinski definition) is 4. The van der Waals surface area contributed by atoms with Gasteiger partial charge in [-0.25, -0.2) is 9.37 Å². The number of rotatable bonds is 5. The third kappa shape index (κ3) is 3.64. The Morgan fingerprint density at radius 2 is 2.21 bits per heavy atom. The number of halogens is 1. The van der Waals surface area contributed by atoms with Gasteiger partial charge < -0.3 is 15.0 Å². The summed E-state index contributed by atoms with van der Waals surface area (Å²) < 4.78 is 18.7. The van der Waals surface area contributed by atoms with Crippen molar-refractivity contribution in [2.24, 2.45) is 0 Å². The van der Waals surface area contributed by atoms with Gasteiger partial charge in [0.05, 0.1) is 12.3 Å². The van der Waals surface area contributed by atoms with Gasteiger partial charge in [0.25, 0.3) is 0 Å². The van der Waals surface area contributed by atoms with E-state index in [-0.39, 0.29) is 5.82 Å². The number of hydrogen-bond donors (Lipinski definition) is 1. The van der Waals surface area contributed by atoms with Crippen molar-refractivity contribution < 1.29 is 9.13 Å². The summed E-state index contributed by atoms with van der Waals surface area (Å²) in [6.45, 7) is 5.38. The molecule has 0 aliphatic carbocycles. The predicted molar refractivity (Wildman–Crippen MR) is 73.8 cm³/mol. The van der Waals surface area contributed by atoms with Crippen molar-refractivity contribution >= 4 is 5.82 Å². The van der Waals surface area contributed by atoms with Crippen LogP contribution in [0.3, 0.4) is 0 Å². The third-order valence-electron chi connectivity index (χ3n) is 3.55. The molecule has 0 bridgehead atoms. The van der Waals surface area contributed by atoms with Crippen LogP contribution in [0, 0.1) is 5.82 Å². The molecule has 0 unspecified atom stereocenters. The lowest BCUT2D eigenvalue weighted by Gasteiger charge is -2.33. The van der Waals surface area contributed by atoms with Gasteiger partial charge in [-0.2, -0.15) is 0 Å². The first-order valence-electron chi connectivity index (χ1n) is 6.87. The van der Waals surface area contributed by atoms with Gasteiger partial charge in [0, 0.05) is 32.3 Å². The lowest BCUT2D eigenvalue weighted by molar-refractivity contribution is 0.0817. The molecule has 106 valence electrons. The van der Waals surface area contributed by atoms with E-state index in [1.807, 2.05) is 6.92 Å². The summed E-state index contributed by atoms with van der Waals surface area (Å²) in [6.07, 6.45) is 3.63. The van der Waals surface area contributed by atoms with E-state index in [0.717, 1.165) is 43.9 Å². The average Bonchev–Trinajstić information content (AvgIpc) is 2.45. The largest absolute Gasteiger partial charge is 0.381 e. The van der Waals surface area contributed by atoms with Crippen LogP contribution in [0.5, 0.6) is 0 Å². The highest BCUT2D eigenvalue weighted by atomic mass is 19.1. The molecule has 1 N–H and O–H groups in total. The fourth-order valence-electron chi connectivity index (χ4n) is 2.45. The van der Waals surface area contributed by atoms with Gasteiger partial charge in [0.2, 0.25) is 0 Å². The van der Waals surface area contributed by atoms with Crippen LogP contribution in [0.4, 0.5) is 10.2 Å². The number of nitrogens with one attached hydrogen (secondary N) is 1. The summed E-state index contributed by atoms with van der Waals surface area (Å²) in [7, 11) is 1.76. The van der Waals surface area contributed by atoms with Crippen LogP contribution in [-0.4, -0.2) is 37.8 Å². The second-order valence-electron chi connectivity index (χ2n) is 4.84.